The molecule has 2 rings (SSSR count). The van der Waals surface area contributed by atoms with Crippen molar-refractivity contribution in [3.8, 4) is 0 Å². The zero-order valence-corrected chi connectivity index (χ0v) is 8.96. The minimum Gasteiger partial charge on any atom is -0.365 e. The van der Waals surface area contributed by atoms with Crippen LogP contribution in [0.5, 0.6) is 0 Å². The van der Waals surface area contributed by atoms with Crippen molar-refractivity contribution in [3.63, 3.8) is 0 Å². The number of rotatable bonds is 3. The molecular weight excluding hydrogens is 176 g/mol. The molecule has 1 heterocycles. The van der Waals surface area contributed by atoms with Crippen LogP contribution in [0.4, 0.5) is 0 Å². The summed E-state index contributed by atoms with van der Waals surface area (Å²) in [4.78, 5) is 7.96. The van der Waals surface area contributed by atoms with Gasteiger partial charge >= 0.3 is 0 Å². The lowest BCUT2D eigenvalue weighted by atomic mass is 10.1. The SMILES string of the molecule is [CH2]CCCN1C(C)=NOC12CCCC2. The predicted molar refractivity (Wildman–Crippen MR) is 56.7 cm³/mol. The Hall–Kier alpha value is -0.730. The smallest absolute Gasteiger partial charge is 0.211 e. The van der Waals surface area contributed by atoms with Gasteiger partial charge in [-0.25, -0.2) is 0 Å². The number of nitrogens with zero attached hydrogens (tertiary/aromatic N) is 2. The monoisotopic (exact) mass is 195 g/mol. The fourth-order valence-corrected chi connectivity index (χ4v) is 2.47. The van der Waals surface area contributed by atoms with E-state index < -0.39 is 0 Å². The van der Waals surface area contributed by atoms with Gasteiger partial charge in [-0.3, -0.25) is 0 Å². The van der Waals surface area contributed by atoms with Crippen LogP contribution in [0.25, 0.3) is 0 Å². The van der Waals surface area contributed by atoms with Crippen LogP contribution in [-0.2, 0) is 4.84 Å². The summed E-state index contributed by atoms with van der Waals surface area (Å²) in [6.45, 7) is 6.96. The zero-order chi connectivity index (χ0) is 10.0. The Morgan fingerprint density at radius 1 is 1.50 bits per heavy atom. The van der Waals surface area contributed by atoms with Gasteiger partial charge in [0.1, 0.15) is 5.84 Å². The van der Waals surface area contributed by atoms with Gasteiger partial charge in [0.2, 0.25) is 5.72 Å². The Kier molecular flexibility index (Phi) is 2.66. The highest BCUT2D eigenvalue weighted by Crippen LogP contribution is 2.40. The molecule has 1 saturated carbocycles. The maximum atomic E-state index is 5.62. The molecule has 3 heteroatoms. The second-order valence-corrected chi connectivity index (χ2v) is 4.24. The molecule has 14 heavy (non-hydrogen) atoms. The summed E-state index contributed by atoms with van der Waals surface area (Å²) < 4.78 is 0. The Morgan fingerprint density at radius 3 is 2.86 bits per heavy atom. The Morgan fingerprint density at radius 2 is 2.21 bits per heavy atom. The van der Waals surface area contributed by atoms with Gasteiger partial charge < -0.3 is 9.74 Å². The maximum Gasteiger partial charge on any atom is 0.211 e. The Labute approximate surface area is 86.1 Å². The average molecular weight is 195 g/mol. The van der Waals surface area contributed by atoms with E-state index in [4.69, 9.17) is 4.84 Å². The lowest BCUT2D eigenvalue weighted by Crippen LogP contribution is -2.46. The van der Waals surface area contributed by atoms with Crippen molar-refractivity contribution in [2.75, 3.05) is 6.54 Å². The van der Waals surface area contributed by atoms with E-state index in [0.717, 1.165) is 38.1 Å². The fourth-order valence-electron chi connectivity index (χ4n) is 2.47. The number of unbranched alkanes of at least 4 members (excludes halogenated alkanes) is 1. The van der Waals surface area contributed by atoms with Crippen LogP contribution in [0, 0.1) is 6.92 Å². The second-order valence-electron chi connectivity index (χ2n) is 4.24. The van der Waals surface area contributed by atoms with Crippen molar-refractivity contribution < 1.29 is 4.84 Å². The van der Waals surface area contributed by atoms with E-state index in [1.165, 1.54) is 12.8 Å². The highest BCUT2D eigenvalue weighted by atomic mass is 16.7. The molecule has 0 bridgehead atoms. The number of oxime groups is 1. The first kappa shape index (κ1) is 9.81. The molecule has 3 nitrogen and oxygen atoms in total. The third-order valence-electron chi connectivity index (χ3n) is 3.25. The number of amidine groups is 1. The molecule has 0 unspecified atom stereocenters. The molecular formula is C11H19N2O. The summed E-state index contributed by atoms with van der Waals surface area (Å²) in [5.74, 6) is 1.04. The lowest BCUT2D eigenvalue weighted by molar-refractivity contribution is -0.0929. The molecule has 2 aliphatic rings. The summed E-state index contributed by atoms with van der Waals surface area (Å²) in [5, 5.41) is 4.13. The minimum absolute atomic E-state index is 0.0702. The minimum atomic E-state index is -0.0702. The topological polar surface area (TPSA) is 24.8 Å². The largest absolute Gasteiger partial charge is 0.365 e. The molecule has 0 atom stereocenters. The number of hydrogen-bond donors (Lipinski definition) is 0. The van der Waals surface area contributed by atoms with Crippen molar-refractivity contribution in [2.45, 2.75) is 51.2 Å². The molecule has 0 aromatic heterocycles. The summed E-state index contributed by atoms with van der Waals surface area (Å²) >= 11 is 0. The molecule has 1 aliphatic heterocycles. The van der Waals surface area contributed by atoms with E-state index in [0.29, 0.717) is 0 Å². The average Bonchev–Trinajstić information content (AvgIpc) is 2.75. The summed E-state index contributed by atoms with van der Waals surface area (Å²) in [6.07, 6.45) is 6.90. The van der Waals surface area contributed by atoms with Gasteiger partial charge in [-0.05, 0) is 26.2 Å². The predicted octanol–water partition coefficient (Wildman–Crippen LogP) is 2.54. The van der Waals surface area contributed by atoms with Gasteiger partial charge in [-0.15, -0.1) is 0 Å². The second kappa shape index (κ2) is 3.79. The first-order valence-electron chi connectivity index (χ1n) is 5.58. The number of hydrogen-bond acceptors (Lipinski definition) is 3. The fraction of sp³-hybridized carbons (Fsp3) is 0.818. The van der Waals surface area contributed by atoms with Gasteiger partial charge in [0.15, 0.2) is 0 Å². The van der Waals surface area contributed by atoms with Gasteiger partial charge in [0.25, 0.3) is 0 Å². The van der Waals surface area contributed by atoms with Crippen molar-refractivity contribution in [1.29, 1.82) is 0 Å². The molecule has 79 valence electrons. The summed E-state index contributed by atoms with van der Waals surface area (Å²) in [7, 11) is 0. The van der Waals surface area contributed by atoms with Crippen LogP contribution in [-0.4, -0.2) is 23.0 Å². The van der Waals surface area contributed by atoms with Crippen LogP contribution >= 0.6 is 0 Å². The van der Waals surface area contributed by atoms with E-state index in [1.54, 1.807) is 0 Å². The van der Waals surface area contributed by atoms with Crippen LogP contribution in [0.3, 0.4) is 0 Å². The molecule has 0 aromatic carbocycles. The first-order valence-corrected chi connectivity index (χ1v) is 5.58. The molecule has 1 spiro atoms. The molecule has 1 radical (unpaired) electrons. The summed E-state index contributed by atoms with van der Waals surface area (Å²) in [6, 6.07) is 0. The standard InChI is InChI=1S/C11H19N2O/c1-3-4-9-13-10(2)12-14-11(13)7-5-6-8-11/h1,3-9H2,2H3. The van der Waals surface area contributed by atoms with Crippen LogP contribution in [0.15, 0.2) is 5.16 Å². The highest BCUT2D eigenvalue weighted by molar-refractivity contribution is 5.81. The molecule has 1 aliphatic carbocycles. The third kappa shape index (κ3) is 1.49. The van der Waals surface area contributed by atoms with Crippen molar-refractivity contribution in [2.24, 2.45) is 5.16 Å². The summed E-state index contributed by atoms with van der Waals surface area (Å²) in [5.41, 5.74) is -0.0702. The van der Waals surface area contributed by atoms with E-state index in [1.807, 2.05) is 6.92 Å². The first-order chi connectivity index (χ1) is 6.78. The van der Waals surface area contributed by atoms with Crippen molar-refractivity contribution >= 4 is 5.84 Å². The van der Waals surface area contributed by atoms with Crippen LogP contribution in [0.2, 0.25) is 0 Å². The third-order valence-corrected chi connectivity index (χ3v) is 3.25. The van der Waals surface area contributed by atoms with Crippen LogP contribution in [0.1, 0.15) is 45.4 Å². The van der Waals surface area contributed by atoms with E-state index in [-0.39, 0.29) is 5.72 Å². The zero-order valence-electron chi connectivity index (χ0n) is 8.96. The molecule has 1 fully saturated rings. The van der Waals surface area contributed by atoms with Crippen molar-refractivity contribution in [3.05, 3.63) is 6.92 Å². The highest BCUT2D eigenvalue weighted by Gasteiger charge is 2.46. The molecule has 0 amide bonds. The Bertz CT molecular complexity index is 231. The van der Waals surface area contributed by atoms with Gasteiger partial charge in [0.05, 0.1) is 0 Å². The quantitative estimate of drug-likeness (QED) is 0.691. The van der Waals surface area contributed by atoms with E-state index >= 15 is 0 Å². The molecule has 0 saturated heterocycles. The maximum absolute atomic E-state index is 5.62. The molecule has 0 N–H and O–H groups in total. The van der Waals surface area contributed by atoms with Gasteiger partial charge in [-0.2, -0.15) is 0 Å². The Balaban J connectivity index is 2.04. The van der Waals surface area contributed by atoms with Gasteiger partial charge in [0, 0.05) is 19.4 Å². The molecule has 0 aromatic rings. The van der Waals surface area contributed by atoms with E-state index in [2.05, 4.69) is 17.0 Å². The van der Waals surface area contributed by atoms with Crippen LogP contribution < -0.4 is 0 Å². The normalized spacial score (nSPS) is 24.1. The lowest BCUT2D eigenvalue weighted by Gasteiger charge is -2.33. The van der Waals surface area contributed by atoms with Crippen molar-refractivity contribution in [1.82, 2.24) is 4.90 Å². The van der Waals surface area contributed by atoms with Gasteiger partial charge in [-0.1, -0.05) is 18.5 Å². The van der Waals surface area contributed by atoms with E-state index in [9.17, 15) is 0 Å².